The molecule has 20 heavy (non-hydrogen) atoms. The summed E-state index contributed by atoms with van der Waals surface area (Å²) in [6.45, 7) is 4.83. The first kappa shape index (κ1) is 14.9. The minimum Gasteiger partial charge on any atom is -0.335 e. The number of rotatable bonds is 4. The molecule has 1 N–H and O–H groups in total. The number of likely N-dealkylation sites (N-methyl/N-ethyl adjacent to an activating group) is 1. The first-order chi connectivity index (χ1) is 9.49. The number of urea groups is 1. The van der Waals surface area contributed by atoms with Crippen molar-refractivity contribution in [2.24, 2.45) is 7.05 Å². The van der Waals surface area contributed by atoms with Crippen molar-refractivity contribution in [3.63, 3.8) is 0 Å². The Kier molecular flexibility index (Phi) is 4.68. The molecule has 2 amide bonds. The van der Waals surface area contributed by atoms with E-state index in [4.69, 9.17) is 0 Å². The molecule has 0 aromatic carbocycles. The van der Waals surface area contributed by atoms with Gasteiger partial charge in [0.2, 0.25) is 0 Å². The second-order valence-electron chi connectivity index (χ2n) is 5.88. The smallest absolute Gasteiger partial charge is 0.317 e. The number of nitrogens with zero attached hydrogens (tertiary/aromatic N) is 3. The summed E-state index contributed by atoms with van der Waals surface area (Å²) in [7, 11) is 3.83. The molecular weight excluding hydrogens is 252 g/mol. The third kappa shape index (κ3) is 3.32. The fourth-order valence-corrected chi connectivity index (χ4v) is 2.92. The van der Waals surface area contributed by atoms with E-state index in [1.54, 1.807) is 4.90 Å². The van der Waals surface area contributed by atoms with Gasteiger partial charge < -0.3 is 10.2 Å². The van der Waals surface area contributed by atoms with Gasteiger partial charge >= 0.3 is 6.03 Å². The summed E-state index contributed by atoms with van der Waals surface area (Å²) < 4.78 is 1.91. The van der Waals surface area contributed by atoms with Crippen LogP contribution in [0.2, 0.25) is 0 Å². The van der Waals surface area contributed by atoms with Crippen molar-refractivity contribution in [2.45, 2.75) is 52.0 Å². The lowest BCUT2D eigenvalue weighted by Gasteiger charge is -2.21. The van der Waals surface area contributed by atoms with Crippen LogP contribution < -0.4 is 5.32 Å². The van der Waals surface area contributed by atoms with E-state index in [-0.39, 0.29) is 6.03 Å². The van der Waals surface area contributed by atoms with Crippen LogP contribution in [0, 0.1) is 13.8 Å². The van der Waals surface area contributed by atoms with Crippen LogP contribution in [0.3, 0.4) is 0 Å². The minimum absolute atomic E-state index is 0.0519. The van der Waals surface area contributed by atoms with Gasteiger partial charge in [-0.15, -0.1) is 0 Å². The Balaban J connectivity index is 1.84. The zero-order valence-corrected chi connectivity index (χ0v) is 13.1. The van der Waals surface area contributed by atoms with Crippen molar-refractivity contribution < 1.29 is 4.79 Å². The largest absolute Gasteiger partial charge is 0.335 e. The van der Waals surface area contributed by atoms with Gasteiger partial charge in [0.25, 0.3) is 0 Å². The number of carbonyl (C=O) groups excluding carboxylic acids is 1. The van der Waals surface area contributed by atoms with Gasteiger partial charge in [0.1, 0.15) is 0 Å². The van der Waals surface area contributed by atoms with Crippen molar-refractivity contribution in [1.29, 1.82) is 0 Å². The number of nitrogens with one attached hydrogen (secondary N) is 1. The fourth-order valence-electron chi connectivity index (χ4n) is 2.92. The predicted octanol–water partition coefficient (Wildman–Crippen LogP) is 2.16. The van der Waals surface area contributed by atoms with Gasteiger partial charge in [0, 0.05) is 32.4 Å². The molecule has 0 aliphatic heterocycles. The third-order valence-corrected chi connectivity index (χ3v) is 4.39. The Morgan fingerprint density at radius 2 is 2.05 bits per heavy atom. The minimum atomic E-state index is 0.0519. The van der Waals surface area contributed by atoms with Gasteiger partial charge in [0.15, 0.2) is 0 Å². The van der Waals surface area contributed by atoms with Crippen LogP contribution >= 0.6 is 0 Å². The third-order valence-electron chi connectivity index (χ3n) is 4.39. The monoisotopic (exact) mass is 278 g/mol. The van der Waals surface area contributed by atoms with Gasteiger partial charge in [-0.25, -0.2) is 4.79 Å². The maximum absolute atomic E-state index is 12.1. The molecule has 1 aromatic rings. The highest BCUT2D eigenvalue weighted by molar-refractivity contribution is 5.74. The first-order valence-corrected chi connectivity index (χ1v) is 7.49. The highest BCUT2D eigenvalue weighted by Crippen LogP contribution is 2.18. The molecule has 0 saturated heterocycles. The molecule has 1 aromatic heterocycles. The van der Waals surface area contributed by atoms with E-state index >= 15 is 0 Å². The standard InChI is InChI=1S/C15H26N4O/c1-11-14(12(2)19(4)17-11)9-10-18(3)15(20)16-13-7-5-6-8-13/h13H,5-10H2,1-4H3,(H,16,20). The van der Waals surface area contributed by atoms with Crippen LogP contribution in [0.15, 0.2) is 0 Å². The van der Waals surface area contributed by atoms with Crippen LogP contribution in [0.1, 0.15) is 42.6 Å². The summed E-state index contributed by atoms with van der Waals surface area (Å²) in [5.41, 5.74) is 3.51. The highest BCUT2D eigenvalue weighted by atomic mass is 16.2. The summed E-state index contributed by atoms with van der Waals surface area (Å²) in [6, 6.07) is 0.433. The van der Waals surface area contributed by atoms with E-state index in [0.29, 0.717) is 6.04 Å². The van der Waals surface area contributed by atoms with Gasteiger partial charge in [-0.1, -0.05) is 12.8 Å². The Hall–Kier alpha value is -1.52. The van der Waals surface area contributed by atoms with E-state index in [9.17, 15) is 4.79 Å². The summed E-state index contributed by atoms with van der Waals surface area (Å²) in [6.07, 6.45) is 5.59. The predicted molar refractivity (Wildman–Crippen MR) is 79.8 cm³/mol. The molecular formula is C15H26N4O. The Labute approximate surface area is 121 Å². The average molecular weight is 278 g/mol. The Bertz CT molecular complexity index is 474. The second kappa shape index (κ2) is 6.29. The van der Waals surface area contributed by atoms with E-state index in [0.717, 1.165) is 31.5 Å². The van der Waals surface area contributed by atoms with Crippen molar-refractivity contribution >= 4 is 6.03 Å². The Morgan fingerprint density at radius 3 is 2.60 bits per heavy atom. The van der Waals surface area contributed by atoms with Crippen molar-refractivity contribution in [3.05, 3.63) is 17.0 Å². The number of hydrogen-bond acceptors (Lipinski definition) is 2. The van der Waals surface area contributed by atoms with E-state index < -0.39 is 0 Å². The topological polar surface area (TPSA) is 50.2 Å². The lowest BCUT2D eigenvalue weighted by Crippen LogP contribution is -2.42. The van der Waals surface area contributed by atoms with Crippen LogP contribution in [-0.2, 0) is 13.5 Å². The number of amides is 2. The zero-order valence-electron chi connectivity index (χ0n) is 13.1. The average Bonchev–Trinajstić information content (AvgIpc) is 2.98. The lowest BCUT2D eigenvalue weighted by molar-refractivity contribution is 0.205. The van der Waals surface area contributed by atoms with Crippen molar-refractivity contribution in [3.8, 4) is 0 Å². The molecule has 1 fully saturated rings. The second-order valence-corrected chi connectivity index (χ2v) is 5.88. The molecule has 1 aliphatic rings. The summed E-state index contributed by atoms with van der Waals surface area (Å²) in [5, 5.41) is 7.53. The molecule has 1 aliphatic carbocycles. The molecule has 112 valence electrons. The first-order valence-electron chi connectivity index (χ1n) is 7.49. The lowest BCUT2D eigenvalue weighted by atomic mass is 10.1. The van der Waals surface area contributed by atoms with Crippen LogP contribution in [0.4, 0.5) is 4.79 Å². The molecule has 0 atom stereocenters. The number of aryl methyl sites for hydroxylation is 2. The van der Waals surface area contributed by atoms with Gasteiger partial charge in [0.05, 0.1) is 5.69 Å². The maximum Gasteiger partial charge on any atom is 0.317 e. The van der Waals surface area contributed by atoms with Gasteiger partial charge in [-0.3, -0.25) is 4.68 Å². The highest BCUT2D eigenvalue weighted by Gasteiger charge is 2.19. The normalized spacial score (nSPS) is 15.6. The molecule has 0 bridgehead atoms. The van der Waals surface area contributed by atoms with E-state index in [1.807, 2.05) is 25.7 Å². The number of carbonyl (C=O) groups is 1. The van der Waals surface area contributed by atoms with E-state index in [1.165, 1.54) is 24.1 Å². The zero-order chi connectivity index (χ0) is 14.7. The van der Waals surface area contributed by atoms with Gasteiger partial charge in [-0.2, -0.15) is 5.10 Å². The summed E-state index contributed by atoms with van der Waals surface area (Å²) in [5.74, 6) is 0. The SMILES string of the molecule is Cc1nn(C)c(C)c1CCN(C)C(=O)NC1CCCC1. The molecule has 0 radical (unpaired) electrons. The van der Waals surface area contributed by atoms with Gasteiger partial charge in [-0.05, 0) is 38.7 Å². The van der Waals surface area contributed by atoms with Crippen molar-refractivity contribution in [1.82, 2.24) is 20.0 Å². The molecule has 2 rings (SSSR count). The summed E-state index contributed by atoms with van der Waals surface area (Å²) in [4.78, 5) is 13.9. The molecule has 1 heterocycles. The van der Waals surface area contributed by atoms with Crippen LogP contribution in [-0.4, -0.2) is 40.3 Å². The molecule has 5 heteroatoms. The number of hydrogen-bond donors (Lipinski definition) is 1. The van der Waals surface area contributed by atoms with Crippen molar-refractivity contribution in [2.75, 3.05) is 13.6 Å². The molecule has 0 unspecified atom stereocenters. The summed E-state index contributed by atoms with van der Waals surface area (Å²) >= 11 is 0. The van der Waals surface area contributed by atoms with E-state index in [2.05, 4.69) is 17.3 Å². The molecule has 0 spiro atoms. The number of aromatic nitrogens is 2. The van der Waals surface area contributed by atoms with Crippen LogP contribution in [0.25, 0.3) is 0 Å². The molecule has 1 saturated carbocycles. The molecule has 5 nitrogen and oxygen atoms in total. The quantitative estimate of drug-likeness (QED) is 0.917. The Morgan fingerprint density at radius 1 is 1.40 bits per heavy atom. The fraction of sp³-hybridized carbons (Fsp3) is 0.733. The van der Waals surface area contributed by atoms with Crippen LogP contribution in [0.5, 0.6) is 0 Å². The maximum atomic E-state index is 12.1.